The van der Waals surface area contributed by atoms with Gasteiger partial charge in [-0.25, -0.2) is 0 Å². The van der Waals surface area contributed by atoms with Crippen LogP contribution in [0, 0.1) is 17.8 Å². The molecule has 0 aromatic heterocycles. The van der Waals surface area contributed by atoms with Crippen molar-refractivity contribution in [3.8, 4) is 0 Å². The van der Waals surface area contributed by atoms with E-state index in [0.717, 1.165) is 12.8 Å². The Bertz CT molecular complexity index is 2470. The second-order valence-electron chi connectivity index (χ2n) is 24.8. The third kappa shape index (κ3) is 41.1. The van der Waals surface area contributed by atoms with Gasteiger partial charge in [-0.3, -0.25) is 9.59 Å². The van der Waals surface area contributed by atoms with Crippen LogP contribution in [0.1, 0.15) is 144 Å². The standard InChI is InChI=1S/C43H59NO10.C29H57NO10/c1-30(24-20-16-12-8-5-6-11-15-19-23-27-37(48)44-38-35(46)28-29-36(38)47)39(49)32(3)34(45)26-22-18-14-10-7-9-13-17-21-25-31(2)53-43-42(52)41(51)40(50)33(4)54-43;1-19(2)29(40)18-28(39)17-27(38)15-23(34)9-4-8-22(33)14-26(37)16-25(36)13-21(32)7-3-6-20(31)12-24(35)10-5-11-30/h5-11,13-15,17-24,26-27,30-34,39-43,45-46,49-52H,12,16,25,28-29H2,1-4H3,(H,44,48);3-4,7,9,19-29,31-40H,5-6,8,10-18,30H2,1-2H3/b8-5+,10-7+,11-6+,13-9+,18-14+,19-15+,21-17+,24-20+,26-22+,27-23+;7-3+,9-4+. The molecule has 1 saturated heterocycles. The van der Waals surface area contributed by atoms with Crippen molar-refractivity contribution in [1.82, 2.24) is 5.32 Å². The lowest BCUT2D eigenvalue weighted by Crippen LogP contribution is -2.57. The van der Waals surface area contributed by atoms with Crippen LogP contribution in [0.25, 0.3) is 0 Å². The Hall–Kier alpha value is -5.16. The van der Waals surface area contributed by atoms with Crippen molar-refractivity contribution in [2.24, 2.45) is 23.5 Å². The van der Waals surface area contributed by atoms with Crippen molar-refractivity contribution in [1.29, 1.82) is 0 Å². The number of unbranched alkanes of at least 4 members (excludes halogenated alkanes) is 1. The molecule has 0 spiro atoms. The van der Waals surface area contributed by atoms with Gasteiger partial charge in [-0.2, -0.15) is 0 Å². The van der Waals surface area contributed by atoms with Crippen LogP contribution in [0.3, 0.4) is 0 Å². The number of ether oxygens (including phenoxy) is 2. The lowest BCUT2D eigenvalue weighted by Gasteiger charge is -2.39. The van der Waals surface area contributed by atoms with Crippen LogP contribution in [-0.4, -0.2) is 210 Å². The van der Waals surface area contributed by atoms with E-state index >= 15 is 0 Å². The van der Waals surface area contributed by atoms with E-state index in [1.807, 2.05) is 114 Å². The van der Waals surface area contributed by atoms with E-state index in [2.05, 4.69) is 5.32 Å². The smallest absolute Gasteiger partial charge is 0.248 e. The first-order valence-electron chi connectivity index (χ1n) is 33.0. The number of rotatable bonds is 45. The first-order valence-corrected chi connectivity index (χ1v) is 33.0. The lowest BCUT2D eigenvalue weighted by atomic mass is 9.88. The molecule has 1 heterocycles. The van der Waals surface area contributed by atoms with Crippen molar-refractivity contribution < 1.29 is 101 Å². The summed E-state index contributed by atoms with van der Waals surface area (Å²) in [5, 5.41) is 163. The summed E-state index contributed by atoms with van der Waals surface area (Å²) in [5.74, 6) is -1.32. The molecule has 94 heavy (non-hydrogen) atoms. The molecule has 20 atom stereocenters. The zero-order chi connectivity index (χ0) is 70.5. The van der Waals surface area contributed by atoms with Crippen molar-refractivity contribution in [2.75, 3.05) is 6.54 Å². The molecule has 0 bridgehead atoms. The molecule has 0 aromatic carbocycles. The van der Waals surface area contributed by atoms with Crippen molar-refractivity contribution in [2.45, 2.75) is 254 Å². The molecular formula is C72H116N2O20. The predicted molar refractivity (Wildman–Crippen MR) is 364 cm³/mol. The van der Waals surface area contributed by atoms with Gasteiger partial charge in [0, 0.05) is 43.6 Å². The Morgan fingerprint density at radius 3 is 1.59 bits per heavy atom. The van der Waals surface area contributed by atoms with Crippen LogP contribution in [0.15, 0.2) is 157 Å². The van der Waals surface area contributed by atoms with E-state index in [4.69, 9.17) is 15.2 Å². The fraction of sp³-hybridized carbons (Fsp3) is 0.611. The van der Waals surface area contributed by atoms with Crippen LogP contribution in [0.5, 0.6) is 0 Å². The summed E-state index contributed by atoms with van der Waals surface area (Å²) in [6, 6.07) is 0. The molecule has 0 saturated carbocycles. The van der Waals surface area contributed by atoms with Gasteiger partial charge < -0.3 is 102 Å². The van der Waals surface area contributed by atoms with Gasteiger partial charge in [0.25, 0.3) is 0 Å². The van der Waals surface area contributed by atoms with Gasteiger partial charge in [-0.15, -0.1) is 0 Å². The Labute approximate surface area is 557 Å². The fourth-order valence-corrected chi connectivity index (χ4v) is 9.68. The number of amides is 1. The Balaban J connectivity index is 0.000000986. The Morgan fingerprint density at radius 1 is 0.553 bits per heavy atom. The summed E-state index contributed by atoms with van der Waals surface area (Å²) >= 11 is 0. The number of allylic oxidation sites excluding steroid dienone is 18. The molecular weight excluding hydrogens is 1210 g/mol. The molecule has 2 aliphatic rings. The zero-order valence-corrected chi connectivity index (χ0v) is 55.9. The predicted octanol–water partition coefficient (Wildman–Crippen LogP) is 4.81. The quantitative estimate of drug-likeness (QED) is 0.0168. The number of nitrogens with one attached hydrogen (secondary N) is 1. The maximum atomic E-state index is 11.8. The summed E-state index contributed by atoms with van der Waals surface area (Å²) in [7, 11) is 0. The van der Waals surface area contributed by atoms with Crippen molar-refractivity contribution >= 4 is 11.7 Å². The number of aliphatic hydroxyl groups is 16. The number of carbonyl (C=O) groups is 2. The summed E-state index contributed by atoms with van der Waals surface area (Å²) in [4.78, 5) is 23.4. The summed E-state index contributed by atoms with van der Waals surface area (Å²) in [5.41, 5.74) is 5.37. The molecule has 1 fully saturated rings. The maximum absolute atomic E-state index is 11.8. The first-order chi connectivity index (χ1) is 44.6. The van der Waals surface area contributed by atoms with Gasteiger partial charge in [0.15, 0.2) is 12.1 Å². The molecule has 19 N–H and O–H groups in total. The largest absolute Gasteiger partial charge is 0.510 e. The number of carbonyl (C=O) groups excluding carboxylic acids is 2. The van der Waals surface area contributed by atoms with E-state index in [9.17, 15) is 91.3 Å². The monoisotopic (exact) mass is 1330 g/mol. The molecule has 534 valence electrons. The van der Waals surface area contributed by atoms with Gasteiger partial charge >= 0.3 is 0 Å². The highest BCUT2D eigenvalue weighted by atomic mass is 16.7. The van der Waals surface area contributed by atoms with Crippen LogP contribution in [0.2, 0.25) is 0 Å². The molecule has 0 aromatic rings. The minimum absolute atomic E-state index is 0.00727. The molecule has 2 rings (SSSR count). The van der Waals surface area contributed by atoms with E-state index in [1.165, 1.54) is 24.3 Å². The number of aliphatic hydroxyl groups excluding tert-OH is 16. The molecule has 1 aliphatic heterocycles. The minimum atomic E-state index is -1.32. The number of ketones is 1. The van der Waals surface area contributed by atoms with E-state index in [0.29, 0.717) is 25.8 Å². The lowest BCUT2D eigenvalue weighted by molar-refractivity contribution is -0.302. The summed E-state index contributed by atoms with van der Waals surface area (Å²) in [6.07, 6.45) is 30.5. The Kier molecular flexibility index (Phi) is 47.2. The fourth-order valence-electron chi connectivity index (χ4n) is 9.68. The normalized spacial score (nSPS) is 23.7. The van der Waals surface area contributed by atoms with Gasteiger partial charge in [0.1, 0.15) is 29.8 Å². The number of hydrogen-bond acceptors (Lipinski definition) is 21. The average Bonchev–Trinajstić information content (AvgIpc) is 1.02. The number of nitrogens with two attached hydrogens (primary N) is 1. The van der Waals surface area contributed by atoms with Gasteiger partial charge in [-0.05, 0) is 103 Å². The van der Waals surface area contributed by atoms with Crippen molar-refractivity contribution in [3.05, 3.63) is 157 Å². The number of hydrogen-bond donors (Lipinski definition) is 18. The SMILES string of the molecule is CC(C)C(O)CC(O)CC(O)CC(O)/C=C/CC(O)CC(O)CC(O)CC(O)/C=C/CC(O)CC(O)CCCN.CC(C/C=C/C=C/C=C/C=C/C=C/C(O)C(C)C(O)C(C)/C=C/CC/C=C/C=C/C=C/C=C/C(=O)NC1=C(O)CCC1=O)OC1OC(C)C(O)C(O)C1O. The average molecular weight is 1330 g/mol. The minimum Gasteiger partial charge on any atom is -0.510 e. The van der Waals surface area contributed by atoms with E-state index in [-0.39, 0.29) is 112 Å². The second-order valence-corrected chi connectivity index (χ2v) is 24.8. The van der Waals surface area contributed by atoms with Crippen LogP contribution in [0.4, 0.5) is 0 Å². The van der Waals surface area contributed by atoms with Crippen LogP contribution < -0.4 is 11.1 Å². The molecule has 1 amide bonds. The maximum Gasteiger partial charge on any atom is 0.248 e. The highest BCUT2D eigenvalue weighted by Gasteiger charge is 2.43. The van der Waals surface area contributed by atoms with E-state index in [1.54, 1.807) is 49.5 Å². The van der Waals surface area contributed by atoms with E-state index < -0.39 is 110 Å². The highest BCUT2D eigenvalue weighted by molar-refractivity contribution is 6.03. The molecule has 0 radical (unpaired) electrons. The van der Waals surface area contributed by atoms with Gasteiger partial charge in [-0.1, -0.05) is 167 Å². The zero-order valence-electron chi connectivity index (χ0n) is 55.9. The number of Topliss-reactive ketones (excluding diaryl/α,β-unsaturated/α-hetero) is 1. The van der Waals surface area contributed by atoms with Gasteiger partial charge in [0.2, 0.25) is 5.91 Å². The Morgan fingerprint density at radius 2 is 1.04 bits per heavy atom. The van der Waals surface area contributed by atoms with Crippen LogP contribution >= 0.6 is 0 Å². The van der Waals surface area contributed by atoms with Crippen LogP contribution in [-0.2, 0) is 19.1 Å². The molecule has 22 nitrogen and oxygen atoms in total. The molecule has 22 heteroatoms. The molecule has 1 aliphatic carbocycles. The second kappa shape index (κ2) is 51.1. The molecule has 20 unspecified atom stereocenters. The topological polar surface area (TPSA) is 414 Å². The third-order valence-corrected chi connectivity index (χ3v) is 15.5. The third-order valence-electron chi connectivity index (χ3n) is 15.5. The van der Waals surface area contributed by atoms with Crippen molar-refractivity contribution in [3.63, 3.8) is 0 Å². The highest BCUT2D eigenvalue weighted by Crippen LogP contribution is 2.25. The summed E-state index contributed by atoms with van der Waals surface area (Å²) in [6.45, 7) is 11.3. The first kappa shape index (κ1) is 86.9. The van der Waals surface area contributed by atoms with Gasteiger partial charge in [0.05, 0.1) is 85.5 Å². The summed E-state index contributed by atoms with van der Waals surface area (Å²) < 4.78 is 11.1.